The van der Waals surface area contributed by atoms with Gasteiger partial charge in [0.25, 0.3) is 0 Å². The summed E-state index contributed by atoms with van der Waals surface area (Å²) in [5.41, 5.74) is 5.28. The second kappa shape index (κ2) is 6.70. The lowest BCUT2D eigenvalue weighted by atomic mass is 9.97. The molecule has 2 atom stereocenters. The fourth-order valence-electron chi connectivity index (χ4n) is 2.04. The topological polar surface area (TPSA) is 86.9 Å². The van der Waals surface area contributed by atoms with Gasteiger partial charge in [-0.1, -0.05) is 0 Å². The first kappa shape index (κ1) is 14.9. The number of likely N-dealkylation sites (tertiary alicyclic amines) is 1. The average Bonchev–Trinajstić information content (AvgIpc) is 2.37. The standard InChI is InChI=1S/C12H23N3O3/c1-9(8-16)14(2)7-11(17)15-5-3-4-10(6-15)12(13)18/h9-10,16H,3-8H2,1-2H3,(H2,13,18). The van der Waals surface area contributed by atoms with E-state index >= 15 is 0 Å². The van der Waals surface area contributed by atoms with Crippen LogP contribution in [-0.2, 0) is 9.59 Å². The summed E-state index contributed by atoms with van der Waals surface area (Å²) in [6.07, 6.45) is 1.58. The molecule has 1 aliphatic heterocycles. The fraction of sp³-hybridized carbons (Fsp3) is 0.833. The molecule has 2 amide bonds. The van der Waals surface area contributed by atoms with Crippen molar-refractivity contribution in [1.82, 2.24) is 9.80 Å². The molecule has 0 aliphatic carbocycles. The number of likely N-dealkylation sites (N-methyl/N-ethyl adjacent to an activating group) is 1. The molecular formula is C12H23N3O3. The first-order valence-corrected chi connectivity index (χ1v) is 6.34. The maximum atomic E-state index is 12.0. The number of piperidine rings is 1. The number of nitrogens with two attached hydrogens (primary N) is 1. The number of carbonyl (C=O) groups excluding carboxylic acids is 2. The molecule has 1 rings (SSSR count). The Labute approximate surface area is 108 Å². The van der Waals surface area contributed by atoms with E-state index in [1.165, 1.54) is 0 Å². The quantitative estimate of drug-likeness (QED) is 0.663. The maximum Gasteiger partial charge on any atom is 0.236 e. The highest BCUT2D eigenvalue weighted by atomic mass is 16.3. The van der Waals surface area contributed by atoms with Crippen molar-refractivity contribution in [2.24, 2.45) is 11.7 Å². The minimum Gasteiger partial charge on any atom is -0.395 e. The molecule has 0 spiro atoms. The van der Waals surface area contributed by atoms with E-state index < -0.39 is 0 Å². The number of rotatable bonds is 5. The van der Waals surface area contributed by atoms with E-state index in [4.69, 9.17) is 10.8 Å². The summed E-state index contributed by atoms with van der Waals surface area (Å²) >= 11 is 0. The number of aliphatic hydroxyl groups excluding tert-OH is 1. The van der Waals surface area contributed by atoms with Crippen molar-refractivity contribution in [2.75, 3.05) is 33.3 Å². The Kier molecular flexibility index (Phi) is 5.55. The van der Waals surface area contributed by atoms with Gasteiger partial charge >= 0.3 is 0 Å². The van der Waals surface area contributed by atoms with E-state index in [0.29, 0.717) is 13.1 Å². The van der Waals surface area contributed by atoms with Crippen molar-refractivity contribution in [1.29, 1.82) is 0 Å². The summed E-state index contributed by atoms with van der Waals surface area (Å²) in [5.74, 6) is -0.559. The zero-order valence-electron chi connectivity index (χ0n) is 11.1. The second-order valence-corrected chi connectivity index (χ2v) is 5.03. The van der Waals surface area contributed by atoms with Crippen LogP contribution in [-0.4, -0.2) is 66.1 Å². The molecule has 104 valence electrons. The molecule has 3 N–H and O–H groups in total. The van der Waals surface area contributed by atoms with E-state index in [2.05, 4.69) is 0 Å². The number of hydrogen-bond donors (Lipinski definition) is 2. The van der Waals surface area contributed by atoms with Gasteiger partial charge in [-0.3, -0.25) is 14.5 Å². The molecule has 0 saturated carbocycles. The monoisotopic (exact) mass is 257 g/mol. The van der Waals surface area contributed by atoms with Crippen molar-refractivity contribution in [3.05, 3.63) is 0 Å². The first-order chi connectivity index (χ1) is 8.45. The molecule has 18 heavy (non-hydrogen) atoms. The van der Waals surface area contributed by atoms with Gasteiger partial charge < -0.3 is 15.7 Å². The molecule has 1 saturated heterocycles. The Morgan fingerprint density at radius 2 is 2.22 bits per heavy atom. The summed E-state index contributed by atoms with van der Waals surface area (Å²) in [7, 11) is 1.80. The molecule has 1 fully saturated rings. The van der Waals surface area contributed by atoms with Crippen molar-refractivity contribution < 1.29 is 14.7 Å². The number of amides is 2. The third-order valence-electron chi connectivity index (χ3n) is 3.58. The minimum absolute atomic E-state index is 0.0104. The zero-order chi connectivity index (χ0) is 13.7. The van der Waals surface area contributed by atoms with E-state index in [9.17, 15) is 9.59 Å². The molecule has 0 aromatic rings. The Morgan fingerprint density at radius 1 is 1.56 bits per heavy atom. The summed E-state index contributed by atoms with van der Waals surface area (Å²) in [5, 5.41) is 9.02. The van der Waals surface area contributed by atoms with Gasteiger partial charge in [0.2, 0.25) is 11.8 Å². The van der Waals surface area contributed by atoms with Crippen LogP contribution in [0.1, 0.15) is 19.8 Å². The fourth-order valence-corrected chi connectivity index (χ4v) is 2.04. The third kappa shape index (κ3) is 3.96. The molecule has 6 nitrogen and oxygen atoms in total. The molecule has 1 heterocycles. The summed E-state index contributed by atoms with van der Waals surface area (Å²) in [6.45, 7) is 3.25. The molecule has 0 aromatic carbocycles. The van der Waals surface area contributed by atoms with Crippen LogP contribution in [0.5, 0.6) is 0 Å². The van der Waals surface area contributed by atoms with Gasteiger partial charge in [0, 0.05) is 19.1 Å². The van der Waals surface area contributed by atoms with Gasteiger partial charge in [-0.05, 0) is 26.8 Å². The van der Waals surface area contributed by atoms with Gasteiger partial charge in [-0.15, -0.1) is 0 Å². The van der Waals surface area contributed by atoms with Crippen LogP contribution in [0.15, 0.2) is 0 Å². The van der Waals surface area contributed by atoms with Gasteiger partial charge in [0.05, 0.1) is 19.1 Å². The Hall–Kier alpha value is -1.14. The molecule has 2 unspecified atom stereocenters. The molecule has 0 aromatic heterocycles. The number of primary amides is 1. The number of nitrogens with zero attached hydrogens (tertiary/aromatic N) is 2. The predicted molar refractivity (Wildman–Crippen MR) is 67.7 cm³/mol. The lowest BCUT2D eigenvalue weighted by Gasteiger charge is -2.33. The van der Waals surface area contributed by atoms with Crippen molar-refractivity contribution in [2.45, 2.75) is 25.8 Å². The van der Waals surface area contributed by atoms with Crippen molar-refractivity contribution in [3.63, 3.8) is 0 Å². The van der Waals surface area contributed by atoms with Gasteiger partial charge in [0.1, 0.15) is 0 Å². The molecule has 6 heteroatoms. The van der Waals surface area contributed by atoms with Gasteiger partial charge in [0.15, 0.2) is 0 Å². The van der Waals surface area contributed by atoms with E-state index in [0.717, 1.165) is 12.8 Å². The van der Waals surface area contributed by atoms with E-state index in [-0.39, 0.29) is 36.9 Å². The largest absolute Gasteiger partial charge is 0.395 e. The van der Waals surface area contributed by atoms with E-state index in [1.54, 1.807) is 16.8 Å². The number of carbonyl (C=O) groups is 2. The van der Waals surface area contributed by atoms with E-state index in [1.807, 2.05) is 6.92 Å². The molecule has 0 radical (unpaired) electrons. The highest BCUT2D eigenvalue weighted by molar-refractivity contribution is 5.81. The maximum absolute atomic E-state index is 12.0. The number of aliphatic hydroxyl groups is 1. The van der Waals surface area contributed by atoms with Gasteiger partial charge in [-0.2, -0.15) is 0 Å². The Balaban J connectivity index is 2.48. The SMILES string of the molecule is CC(CO)N(C)CC(=O)N1CCCC(C(N)=O)C1. The van der Waals surface area contributed by atoms with Gasteiger partial charge in [-0.25, -0.2) is 0 Å². The lowest BCUT2D eigenvalue weighted by molar-refractivity contribution is -0.136. The van der Waals surface area contributed by atoms with Crippen LogP contribution in [0.4, 0.5) is 0 Å². The van der Waals surface area contributed by atoms with Crippen LogP contribution < -0.4 is 5.73 Å². The predicted octanol–water partition coefficient (Wildman–Crippen LogP) is -0.977. The van der Waals surface area contributed by atoms with Crippen LogP contribution in [0, 0.1) is 5.92 Å². The Bertz CT molecular complexity index is 309. The van der Waals surface area contributed by atoms with Crippen molar-refractivity contribution in [3.8, 4) is 0 Å². The Morgan fingerprint density at radius 3 is 2.78 bits per heavy atom. The zero-order valence-corrected chi connectivity index (χ0v) is 11.1. The highest BCUT2D eigenvalue weighted by Gasteiger charge is 2.27. The average molecular weight is 257 g/mol. The van der Waals surface area contributed by atoms with Crippen LogP contribution >= 0.6 is 0 Å². The summed E-state index contributed by atoms with van der Waals surface area (Å²) < 4.78 is 0. The third-order valence-corrected chi connectivity index (χ3v) is 3.58. The summed E-state index contributed by atoms with van der Waals surface area (Å²) in [6, 6.07) is -0.0503. The molecular weight excluding hydrogens is 234 g/mol. The first-order valence-electron chi connectivity index (χ1n) is 6.34. The minimum atomic E-state index is -0.329. The second-order valence-electron chi connectivity index (χ2n) is 5.03. The highest BCUT2D eigenvalue weighted by Crippen LogP contribution is 2.16. The summed E-state index contributed by atoms with van der Waals surface area (Å²) in [4.78, 5) is 26.7. The lowest BCUT2D eigenvalue weighted by Crippen LogP contribution is -2.48. The van der Waals surface area contributed by atoms with Crippen LogP contribution in [0.3, 0.4) is 0 Å². The normalized spacial score (nSPS) is 22.0. The smallest absolute Gasteiger partial charge is 0.236 e. The molecule has 0 bridgehead atoms. The van der Waals surface area contributed by atoms with Crippen molar-refractivity contribution >= 4 is 11.8 Å². The van der Waals surface area contributed by atoms with Crippen LogP contribution in [0.2, 0.25) is 0 Å². The van der Waals surface area contributed by atoms with Crippen LogP contribution in [0.25, 0.3) is 0 Å². The number of hydrogen-bond acceptors (Lipinski definition) is 4. The molecule has 1 aliphatic rings.